The second-order valence-corrected chi connectivity index (χ2v) is 7.92. The van der Waals surface area contributed by atoms with Crippen LogP contribution in [0.2, 0.25) is 0 Å². The molecule has 1 aliphatic heterocycles. The third-order valence-corrected chi connectivity index (χ3v) is 6.09. The first-order valence-corrected chi connectivity index (χ1v) is 10.6. The van der Waals surface area contributed by atoms with E-state index in [4.69, 9.17) is 4.74 Å². The number of hydrogen-bond acceptors (Lipinski definition) is 4. The minimum absolute atomic E-state index is 0.00404. The maximum absolute atomic E-state index is 12.5. The molecule has 0 saturated carbocycles. The Balaban J connectivity index is 1.67. The predicted octanol–water partition coefficient (Wildman–Crippen LogP) is 4.23. The van der Waals surface area contributed by atoms with Gasteiger partial charge in [0.2, 0.25) is 0 Å². The molecule has 0 spiro atoms. The first-order chi connectivity index (χ1) is 13.1. The second-order valence-electron chi connectivity index (χ2n) is 7.04. The van der Waals surface area contributed by atoms with E-state index < -0.39 is 0 Å². The first-order valence-electron chi connectivity index (χ1n) is 9.39. The molecule has 2 aromatic carbocycles. The minimum atomic E-state index is 0.00404. The van der Waals surface area contributed by atoms with Gasteiger partial charge in [0.1, 0.15) is 5.75 Å². The predicted molar refractivity (Wildman–Crippen MR) is 112 cm³/mol. The highest BCUT2D eigenvalue weighted by Gasteiger charge is 2.30. The Labute approximate surface area is 166 Å². The summed E-state index contributed by atoms with van der Waals surface area (Å²) in [4.78, 5) is 16.1. The third kappa shape index (κ3) is 4.85. The summed E-state index contributed by atoms with van der Waals surface area (Å²) in [6.07, 6.45) is 4.31. The van der Waals surface area contributed by atoms with Gasteiger partial charge in [0.05, 0.1) is 7.11 Å². The van der Waals surface area contributed by atoms with Gasteiger partial charge in [0.25, 0.3) is 5.91 Å². The standard InChI is InChI=1S/C22H28N2O2S/c1-24-14-4-5-18(21(24)16-6-10-19(26-2)11-7-16)15-23-22(25)17-8-12-20(27-3)13-9-17/h6-13,18,21H,4-5,14-15H2,1-3H3,(H,23,25). The summed E-state index contributed by atoms with van der Waals surface area (Å²) in [5, 5.41) is 3.15. The number of nitrogens with one attached hydrogen (secondary N) is 1. The topological polar surface area (TPSA) is 41.6 Å². The molecule has 0 radical (unpaired) electrons. The lowest BCUT2D eigenvalue weighted by Gasteiger charge is -2.39. The van der Waals surface area contributed by atoms with E-state index in [-0.39, 0.29) is 5.91 Å². The Kier molecular flexibility index (Phi) is 6.80. The number of amides is 1. The van der Waals surface area contributed by atoms with Crippen LogP contribution in [0.1, 0.15) is 34.8 Å². The van der Waals surface area contributed by atoms with Crippen LogP contribution in [0.4, 0.5) is 0 Å². The second kappa shape index (κ2) is 9.29. The van der Waals surface area contributed by atoms with Gasteiger partial charge < -0.3 is 10.1 Å². The maximum atomic E-state index is 12.5. The number of nitrogens with zero attached hydrogens (tertiary/aromatic N) is 1. The van der Waals surface area contributed by atoms with Crippen molar-refractivity contribution in [1.29, 1.82) is 0 Å². The molecule has 1 saturated heterocycles. The van der Waals surface area contributed by atoms with Gasteiger partial charge >= 0.3 is 0 Å². The number of thioether (sulfide) groups is 1. The van der Waals surface area contributed by atoms with E-state index in [0.29, 0.717) is 18.5 Å². The minimum Gasteiger partial charge on any atom is -0.497 e. The van der Waals surface area contributed by atoms with Crippen LogP contribution in [0, 0.1) is 5.92 Å². The number of ether oxygens (including phenoxy) is 1. The van der Waals surface area contributed by atoms with E-state index in [0.717, 1.165) is 30.7 Å². The average molecular weight is 385 g/mol. The van der Waals surface area contributed by atoms with Gasteiger partial charge in [0.15, 0.2) is 0 Å². The summed E-state index contributed by atoms with van der Waals surface area (Å²) >= 11 is 1.68. The summed E-state index contributed by atoms with van der Waals surface area (Å²) in [6.45, 7) is 1.77. The van der Waals surface area contributed by atoms with Crippen LogP contribution in [-0.2, 0) is 0 Å². The van der Waals surface area contributed by atoms with Gasteiger partial charge in [-0.1, -0.05) is 12.1 Å². The molecule has 0 bridgehead atoms. The molecule has 5 heteroatoms. The molecule has 2 aromatic rings. The van der Waals surface area contributed by atoms with Crippen LogP contribution < -0.4 is 10.1 Å². The Morgan fingerprint density at radius 1 is 1.19 bits per heavy atom. The fourth-order valence-electron chi connectivity index (χ4n) is 3.87. The van der Waals surface area contributed by atoms with Crippen LogP contribution >= 0.6 is 11.8 Å². The summed E-state index contributed by atoms with van der Waals surface area (Å²) < 4.78 is 5.28. The highest BCUT2D eigenvalue weighted by Crippen LogP contribution is 2.35. The fraction of sp³-hybridized carbons (Fsp3) is 0.409. The van der Waals surface area contributed by atoms with Crippen molar-refractivity contribution >= 4 is 17.7 Å². The summed E-state index contributed by atoms with van der Waals surface area (Å²) in [5.74, 6) is 1.27. The number of methoxy groups -OCH3 is 1. The van der Waals surface area contributed by atoms with Gasteiger partial charge in [-0.15, -0.1) is 11.8 Å². The van der Waals surface area contributed by atoms with Gasteiger partial charge in [-0.2, -0.15) is 0 Å². The van der Waals surface area contributed by atoms with E-state index in [2.05, 4.69) is 29.4 Å². The molecule has 1 heterocycles. The number of likely N-dealkylation sites (tertiary alicyclic amines) is 1. The van der Waals surface area contributed by atoms with Gasteiger partial charge in [0, 0.05) is 23.0 Å². The molecule has 0 aromatic heterocycles. The number of hydrogen-bond donors (Lipinski definition) is 1. The summed E-state index contributed by atoms with van der Waals surface area (Å²) in [5.41, 5.74) is 2.00. The quantitative estimate of drug-likeness (QED) is 0.757. The number of carbonyl (C=O) groups excluding carboxylic acids is 1. The van der Waals surface area contributed by atoms with Crippen molar-refractivity contribution in [2.24, 2.45) is 5.92 Å². The van der Waals surface area contributed by atoms with Crippen molar-refractivity contribution in [3.05, 3.63) is 59.7 Å². The van der Waals surface area contributed by atoms with Crippen molar-refractivity contribution in [2.75, 3.05) is 33.5 Å². The average Bonchev–Trinajstić information content (AvgIpc) is 2.72. The zero-order valence-corrected chi connectivity index (χ0v) is 17.1. The van der Waals surface area contributed by atoms with Crippen LogP contribution in [0.5, 0.6) is 5.75 Å². The molecular weight excluding hydrogens is 356 g/mol. The molecule has 27 heavy (non-hydrogen) atoms. The SMILES string of the molecule is COc1ccc(C2C(CNC(=O)c3ccc(SC)cc3)CCCN2C)cc1. The van der Waals surface area contributed by atoms with Gasteiger partial charge in [-0.05, 0) is 80.6 Å². The van der Waals surface area contributed by atoms with E-state index in [1.165, 1.54) is 10.5 Å². The zero-order chi connectivity index (χ0) is 19.2. The monoisotopic (exact) mass is 384 g/mol. The lowest BCUT2D eigenvalue weighted by molar-refractivity contribution is 0.0891. The van der Waals surface area contributed by atoms with Gasteiger partial charge in [-0.25, -0.2) is 0 Å². The smallest absolute Gasteiger partial charge is 0.251 e. The Morgan fingerprint density at radius 3 is 2.52 bits per heavy atom. The molecule has 1 N–H and O–H groups in total. The maximum Gasteiger partial charge on any atom is 0.251 e. The normalized spacial score (nSPS) is 20.3. The Morgan fingerprint density at radius 2 is 1.89 bits per heavy atom. The van der Waals surface area contributed by atoms with E-state index in [1.54, 1.807) is 18.9 Å². The lowest BCUT2D eigenvalue weighted by atomic mass is 9.85. The number of rotatable bonds is 6. The van der Waals surface area contributed by atoms with Crippen LogP contribution in [-0.4, -0.2) is 44.3 Å². The van der Waals surface area contributed by atoms with E-state index >= 15 is 0 Å². The Hall–Kier alpha value is -1.98. The van der Waals surface area contributed by atoms with Gasteiger partial charge in [-0.3, -0.25) is 9.69 Å². The fourth-order valence-corrected chi connectivity index (χ4v) is 4.28. The molecule has 1 aliphatic rings. The first kappa shape index (κ1) is 19.8. The molecule has 2 unspecified atom stereocenters. The van der Waals surface area contributed by atoms with Crippen molar-refractivity contribution < 1.29 is 9.53 Å². The zero-order valence-electron chi connectivity index (χ0n) is 16.3. The molecule has 3 rings (SSSR count). The largest absolute Gasteiger partial charge is 0.497 e. The van der Waals surface area contributed by atoms with Crippen LogP contribution in [0.3, 0.4) is 0 Å². The molecular formula is C22H28N2O2S. The van der Waals surface area contributed by atoms with Crippen molar-refractivity contribution in [3.8, 4) is 5.75 Å². The molecule has 1 amide bonds. The van der Waals surface area contributed by atoms with E-state index in [9.17, 15) is 4.79 Å². The third-order valence-electron chi connectivity index (χ3n) is 5.34. The summed E-state index contributed by atoms with van der Waals surface area (Å²) in [7, 11) is 3.86. The van der Waals surface area contributed by atoms with Crippen molar-refractivity contribution in [3.63, 3.8) is 0 Å². The van der Waals surface area contributed by atoms with Crippen molar-refractivity contribution in [1.82, 2.24) is 10.2 Å². The molecule has 2 atom stereocenters. The molecule has 144 valence electrons. The highest BCUT2D eigenvalue weighted by atomic mass is 32.2. The highest BCUT2D eigenvalue weighted by molar-refractivity contribution is 7.98. The molecule has 0 aliphatic carbocycles. The van der Waals surface area contributed by atoms with Crippen LogP contribution in [0.25, 0.3) is 0 Å². The number of piperidine rings is 1. The van der Waals surface area contributed by atoms with E-state index in [1.807, 2.05) is 42.7 Å². The number of carbonyl (C=O) groups is 1. The molecule has 1 fully saturated rings. The lowest BCUT2D eigenvalue weighted by Crippen LogP contribution is -2.41. The Bertz CT molecular complexity index is 746. The van der Waals surface area contributed by atoms with Crippen LogP contribution in [0.15, 0.2) is 53.4 Å². The molecule has 4 nitrogen and oxygen atoms in total. The summed E-state index contributed by atoms with van der Waals surface area (Å²) in [6, 6.07) is 16.4. The number of benzene rings is 2. The van der Waals surface area contributed by atoms with Crippen molar-refractivity contribution in [2.45, 2.75) is 23.8 Å².